The second kappa shape index (κ2) is 6.20. The standard InChI is InChI=1S/C12H16N4O4S/c1-16-8-13-15-12(16)6-14-21(18,19)11-5-9(7-17)3-4-10(11)20-2/h3-5,8,14,17H,6-7H2,1-2H3. The number of hydrogen-bond donors (Lipinski definition) is 2. The quantitative estimate of drug-likeness (QED) is 0.765. The lowest BCUT2D eigenvalue weighted by molar-refractivity contribution is 0.281. The van der Waals surface area contributed by atoms with Gasteiger partial charge in [0.1, 0.15) is 22.8 Å². The minimum Gasteiger partial charge on any atom is -0.495 e. The predicted octanol–water partition coefficient (Wildman–Crippen LogP) is -0.206. The average molecular weight is 312 g/mol. The molecule has 0 aliphatic heterocycles. The number of aromatic nitrogens is 3. The molecule has 0 saturated carbocycles. The fourth-order valence-electron chi connectivity index (χ4n) is 1.73. The van der Waals surface area contributed by atoms with Crippen LogP contribution in [0.2, 0.25) is 0 Å². The summed E-state index contributed by atoms with van der Waals surface area (Å²) in [4.78, 5) is -0.0290. The summed E-state index contributed by atoms with van der Waals surface area (Å²) in [7, 11) is -0.692. The van der Waals surface area contributed by atoms with Crippen molar-refractivity contribution in [2.24, 2.45) is 7.05 Å². The molecule has 0 saturated heterocycles. The maximum Gasteiger partial charge on any atom is 0.244 e. The first kappa shape index (κ1) is 15.4. The topological polar surface area (TPSA) is 106 Å². The highest BCUT2D eigenvalue weighted by Gasteiger charge is 2.20. The molecule has 0 atom stereocenters. The van der Waals surface area contributed by atoms with Crippen LogP contribution in [-0.4, -0.2) is 35.4 Å². The number of nitrogens with zero attached hydrogens (tertiary/aromatic N) is 3. The summed E-state index contributed by atoms with van der Waals surface area (Å²) < 4.78 is 33.8. The Morgan fingerprint density at radius 3 is 2.76 bits per heavy atom. The average Bonchev–Trinajstić information content (AvgIpc) is 2.90. The van der Waals surface area contributed by atoms with E-state index in [9.17, 15) is 8.42 Å². The zero-order valence-electron chi connectivity index (χ0n) is 11.6. The lowest BCUT2D eigenvalue weighted by Crippen LogP contribution is -2.25. The number of ether oxygens (including phenoxy) is 1. The Balaban J connectivity index is 2.28. The molecular formula is C12H16N4O4S. The van der Waals surface area contributed by atoms with Gasteiger partial charge in [-0.1, -0.05) is 6.07 Å². The number of nitrogens with one attached hydrogen (secondary N) is 1. The first-order chi connectivity index (χ1) is 9.97. The van der Waals surface area contributed by atoms with Crippen LogP contribution in [0.5, 0.6) is 5.75 Å². The van der Waals surface area contributed by atoms with E-state index in [1.807, 2.05) is 0 Å². The van der Waals surface area contributed by atoms with E-state index in [1.165, 1.54) is 25.6 Å². The zero-order chi connectivity index (χ0) is 15.5. The van der Waals surface area contributed by atoms with Crippen LogP contribution in [0.25, 0.3) is 0 Å². The maximum absolute atomic E-state index is 12.4. The molecule has 0 spiro atoms. The molecule has 0 aliphatic rings. The molecule has 9 heteroatoms. The van der Waals surface area contributed by atoms with Crippen molar-refractivity contribution in [3.05, 3.63) is 35.9 Å². The van der Waals surface area contributed by atoms with E-state index in [0.29, 0.717) is 11.4 Å². The fraction of sp³-hybridized carbons (Fsp3) is 0.333. The molecule has 8 nitrogen and oxygen atoms in total. The van der Waals surface area contributed by atoms with Crippen molar-refractivity contribution in [2.75, 3.05) is 7.11 Å². The Morgan fingerprint density at radius 1 is 1.43 bits per heavy atom. The van der Waals surface area contributed by atoms with Crippen molar-refractivity contribution >= 4 is 10.0 Å². The van der Waals surface area contributed by atoms with E-state index in [-0.39, 0.29) is 23.8 Å². The van der Waals surface area contributed by atoms with E-state index in [1.54, 1.807) is 17.7 Å². The van der Waals surface area contributed by atoms with Gasteiger partial charge in [-0.25, -0.2) is 13.1 Å². The largest absolute Gasteiger partial charge is 0.495 e. The van der Waals surface area contributed by atoms with Crippen molar-refractivity contribution < 1.29 is 18.3 Å². The summed E-state index contributed by atoms with van der Waals surface area (Å²) in [5.74, 6) is 0.688. The molecule has 2 aromatic rings. The third kappa shape index (κ3) is 3.38. The van der Waals surface area contributed by atoms with E-state index in [0.717, 1.165) is 0 Å². The van der Waals surface area contributed by atoms with Crippen molar-refractivity contribution in [3.8, 4) is 5.75 Å². The number of hydrogen-bond acceptors (Lipinski definition) is 6. The highest BCUT2D eigenvalue weighted by atomic mass is 32.2. The van der Waals surface area contributed by atoms with Crippen LogP contribution in [-0.2, 0) is 30.2 Å². The molecule has 2 N–H and O–H groups in total. The van der Waals surface area contributed by atoms with Gasteiger partial charge < -0.3 is 14.4 Å². The molecule has 0 amide bonds. The smallest absolute Gasteiger partial charge is 0.244 e. The van der Waals surface area contributed by atoms with Gasteiger partial charge in [-0.3, -0.25) is 0 Å². The summed E-state index contributed by atoms with van der Waals surface area (Å²) in [6, 6.07) is 4.47. The van der Waals surface area contributed by atoms with E-state index >= 15 is 0 Å². The van der Waals surface area contributed by atoms with Crippen LogP contribution in [0.1, 0.15) is 11.4 Å². The SMILES string of the molecule is COc1ccc(CO)cc1S(=O)(=O)NCc1nncn1C. The minimum absolute atomic E-state index is 0.00530. The molecule has 1 aromatic carbocycles. The third-order valence-corrected chi connectivity index (χ3v) is 4.35. The molecule has 1 heterocycles. The van der Waals surface area contributed by atoms with Gasteiger partial charge in [0.15, 0.2) is 0 Å². The number of methoxy groups -OCH3 is 1. The van der Waals surface area contributed by atoms with Crippen LogP contribution in [0.3, 0.4) is 0 Å². The van der Waals surface area contributed by atoms with Gasteiger partial charge in [0.2, 0.25) is 10.0 Å². The van der Waals surface area contributed by atoms with Gasteiger partial charge in [0.25, 0.3) is 0 Å². The van der Waals surface area contributed by atoms with Crippen LogP contribution in [0.15, 0.2) is 29.4 Å². The van der Waals surface area contributed by atoms with Crippen LogP contribution in [0, 0.1) is 0 Å². The molecule has 1 aromatic heterocycles. The molecule has 0 aliphatic carbocycles. The maximum atomic E-state index is 12.4. The van der Waals surface area contributed by atoms with E-state index in [2.05, 4.69) is 14.9 Å². The molecule has 21 heavy (non-hydrogen) atoms. The Hall–Kier alpha value is -1.97. The summed E-state index contributed by atoms with van der Waals surface area (Å²) >= 11 is 0. The van der Waals surface area contributed by atoms with Gasteiger partial charge in [-0.05, 0) is 17.7 Å². The summed E-state index contributed by atoms with van der Waals surface area (Å²) in [5, 5.41) is 16.6. The number of aliphatic hydroxyl groups is 1. The Bertz CT molecular complexity index is 727. The van der Waals surface area contributed by atoms with Crippen molar-refractivity contribution in [1.29, 1.82) is 0 Å². The van der Waals surface area contributed by atoms with Crippen LogP contribution in [0.4, 0.5) is 0 Å². The number of benzene rings is 1. The summed E-state index contributed by atoms with van der Waals surface area (Å²) in [6.45, 7) is -0.249. The highest BCUT2D eigenvalue weighted by molar-refractivity contribution is 7.89. The molecular weight excluding hydrogens is 296 g/mol. The zero-order valence-corrected chi connectivity index (χ0v) is 12.5. The Morgan fingerprint density at radius 2 is 2.19 bits per heavy atom. The fourth-order valence-corrected chi connectivity index (χ4v) is 2.93. The lowest BCUT2D eigenvalue weighted by Gasteiger charge is -2.11. The molecule has 0 bridgehead atoms. The van der Waals surface area contributed by atoms with Crippen molar-refractivity contribution in [2.45, 2.75) is 18.0 Å². The summed E-state index contributed by atoms with van der Waals surface area (Å²) in [5.41, 5.74) is 0.481. The van der Waals surface area contributed by atoms with Crippen LogP contribution < -0.4 is 9.46 Å². The second-order valence-electron chi connectivity index (χ2n) is 4.33. The third-order valence-electron chi connectivity index (χ3n) is 2.93. The Kier molecular flexibility index (Phi) is 4.56. The van der Waals surface area contributed by atoms with Crippen LogP contribution >= 0.6 is 0 Å². The first-order valence-corrected chi connectivity index (χ1v) is 7.56. The number of aliphatic hydroxyl groups excluding tert-OH is 1. The molecule has 0 radical (unpaired) electrons. The van der Waals surface area contributed by atoms with Gasteiger partial charge >= 0.3 is 0 Å². The van der Waals surface area contributed by atoms with Gasteiger partial charge in [0, 0.05) is 7.05 Å². The van der Waals surface area contributed by atoms with Crippen molar-refractivity contribution in [3.63, 3.8) is 0 Å². The molecule has 0 fully saturated rings. The minimum atomic E-state index is -3.80. The molecule has 0 unspecified atom stereocenters. The van der Waals surface area contributed by atoms with Gasteiger partial charge in [-0.15, -0.1) is 10.2 Å². The normalized spacial score (nSPS) is 11.6. The van der Waals surface area contributed by atoms with E-state index in [4.69, 9.17) is 9.84 Å². The predicted molar refractivity (Wildman–Crippen MR) is 73.9 cm³/mol. The van der Waals surface area contributed by atoms with Gasteiger partial charge in [-0.2, -0.15) is 0 Å². The number of sulfonamides is 1. The summed E-state index contributed by atoms with van der Waals surface area (Å²) in [6.07, 6.45) is 1.48. The lowest BCUT2D eigenvalue weighted by atomic mass is 10.2. The van der Waals surface area contributed by atoms with Gasteiger partial charge in [0.05, 0.1) is 20.3 Å². The number of rotatable bonds is 6. The molecule has 114 valence electrons. The monoisotopic (exact) mass is 312 g/mol. The van der Waals surface area contributed by atoms with Crippen molar-refractivity contribution in [1.82, 2.24) is 19.5 Å². The Labute approximate surface area is 122 Å². The molecule has 2 rings (SSSR count). The first-order valence-electron chi connectivity index (χ1n) is 6.08. The second-order valence-corrected chi connectivity index (χ2v) is 6.06. The number of aryl methyl sites for hydroxylation is 1. The van der Waals surface area contributed by atoms with E-state index < -0.39 is 10.0 Å². The highest BCUT2D eigenvalue weighted by Crippen LogP contribution is 2.24.